The quantitative estimate of drug-likeness (QED) is 0.761. The van der Waals surface area contributed by atoms with Gasteiger partial charge in [0.1, 0.15) is 23.3 Å². The summed E-state index contributed by atoms with van der Waals surface area (Å²) in [7, 11) is 0. The number of hydrogen-bond donors (Lipinski definition) is 1. The normalized spacial score (nSPS) is 17.3. The molecule has 0 spiro atoms. The highest BCUT2D eigenvalue weighted by Crippen LogP contribution is 2.29. The lowest BCUT2D eigenvalue weighted by molar-refractivity contribution is -0.125. The monoisotopic (exact) mass is 369 g/mol. The third-order valence-corrected chi connectivity index (χ3v) is 4.90. The number of fused-ring (bicyclic) bond motifs is 1. The molecular weight excluding hydrogens is 349 g/mol. The Morgan fingerprint density at radius 1 is 1.33 bits per heavy atom. The van der Waals surface area contributed by atoms with Gasteiger partial charge in [-0.2, -0.15) is 4.98 Å². The molecule has 2 aromatic heterocycles. The number of nitrogens with zero attached hydrogens (tertiary/aromatic N) is 4. The lowest BCUT2D eigenvalue weighted by atomic mass is 9.96. The van der Waals surface area contributed by atoms with Crippen molar-refractivity contribution in [1.29, 1.82) is 0 Å². The van der Waals surface area contributed by atoms with Gasteiger partial charge >= 0.3 is 0 Å². The molecule has 1 amide bonds. The van der Waals surface area contributed by atoms with Crippen molar-refractivity contribution in [1.82, 2.24) is 20.4 Å². The fourth-order valence-electron chi connectivity index (χ4n) is 3.46. The first kappa shape index (κ1) is 17.4. The molecule has 1 aliphatic heterocycles. The number of halogens is 1. The Bertz CT molecular complexity index is 956. The Balaban J connectivity index is 1.45. The molecule has 8 heteroatoms. The first-order valence-corrected chi connectivity index (χ1v) is 8.96. The van der Waals surface area contributed by atoms with Crippen molar-refractivity contribution in [3.63, 3.8) is 0 Å². The lowest BCUT2D eigenvalue weighted by Gasteiger charge is -2.33. The number of nitrogens with one attached hydrogen (secondary N) is 1. The van der Waals surface area contributed by atoms with Crippen LogP contribution in [-0.2, 0) is 11.3 Å². The second-order valence-corrected chi connectivity index (χ2v) is 6.77. The summed E-state index contributed by atoms with van der Waals surface area (Å²) in [5.74, 6) is 0.337. The summed E-state index contributed by atoms with van der Waals surface area (Å²) in [6.07, 6.45) is 3.17. The molecule has 1 N–H and O–H groups in total. The predicted octanol–water partition coefficient (Wildman–Crippen LogP) is 2.60. The summed E-state index contributed by atoms with van der Waals surface area (Å²) in [5.41, 5.74) is 2.07. The van der Waals surface area contributed by atoms with E-state index in [1.165, 1.54) is 18.5 Å². The van der Waals surface area contributed by atoms with Crippen LogP contribution >= 0.6 is 0 Å². The molecule has 0 aliphatic carbocycles. The second kappa shape index (κ2) is 7.30. The maximum atomic E-state index is 13.0. The maximum Gasteiger partial charge on any atom is 0.263 e. The zero-order valence-electron chi connectivity index (χ0n) is 15.0. The van der Waals surface area contributed by atoms with Crippen molar-refractivity contribution in [3.8, 4) is 0 Å². The van der Waals surface area contributed by atoms with Gasteiger partial charge < -0.3 is 14.7 Å². The van der Waals surface area contributed by atoms with Gasteiger partial charge in [0.25, 0.3) is 5.71 Å². The van der Waals surface area contributed by atoms with Gasteiger partial charge in [-0.3, -0.25) is 4.79 Å². The van der Waals surface area contributed by atoms with E-state index in [2.05, 4.69) is 25.3 Å². The van der Waals surface area contributed by atoms with Crippen molar-refractivity contribution in [2.24, 2.45) is 5.92 Å². The molecule has 140 valence electrons. The zero-order chi connectivity index (χ0) is 18.8. The Kier molecular flexibility index (Phi) is 4.70. The number of anilines is 1. The lowest BCUT2D eigenvalue weighted by Crippen LogP contribution is -2.43. The predicted molar refractivity (Wildman–Crippen MR) is 97.5 cm³/mol. The summed E-state index contributed by atoms with van der Waals surface area (Å²) in [4.78, 5) is 23.2. The van der Waals surface area contributed by atoms with E-state index in [0.717, 1.165) is 41.8 Å². The number of hydrogen-bond acceptors (Lipinski definition) is 6. The van der Waals surface area contributed by atoms with Gasteiger partial charge in [0, 0.05) is 19.6 Å². The highest BCUT2D eigenvalue weighted by Gasteiger charge is 2.28. The molecule has 3 aromatic rings. The summed E-state index contributed by atoms with van der Waals surface area (Å²) >= 11 is 0. The summed E-state index contributed by atoms with van der Waals surface area (Å²) < 4.78 is 18.2. The summed E-state index contributed by atoms with van der Waals surface area (Å²) in [6, 6.07) is 6.14. The molecule has 1 saturated heterocycles. The molecule has 27 heavy (non-hydrogen) atoms. The van der Waals surface area contributed by atoms with E-state index in [1.54, 1.807) is 12.1 Å². The first-order chi connectivity index (χ1) is 13.1. The van der Waals surface area contributed by atoms with Crippen molar-refractivity contribution < 1.29 is 13.7 Å². The SMILES string of the molecule is Cc1noc2ncnc(N3CCCC(C(=O)NCc4ccc(F)cc4)C3)c12. The van der Waals surface area contributed by atoms with Crippen molar-refractivity contribution in [3.05, 3.63) is 47.7 Å². The first-order valence-electron chi connectivity index (χ1n) is 8.96. The largest absolute Gasteiger partial charge is 0.355 e. The molecule has 0 radical (unpaired) electrons. The van der Waals surface area contributed by atoms with E-state index in [4.69, 9.17) is 4.52 Å². The third-order valence-electron chi connectivity index (χ3n) is 4.90. The second-order valence-electron chi connectivity index (χ2n) is 6.77. The molecular formula is C19H20FN5O2. The topological polar surface area (TPSA) is 84.2 Å². The van der Waals surface area contributed by atoms with Crippen LogP contribution < -0.4 is 10.2 Å². The van der Waals surface area contributed by atoms with Crippen LogP contribution in [0.2, 0.25) is 0 Å². The van der Waals surface area contributed by atoms with Gasteiger partial charge in [-0.15, -0.1) is 0 Å². The Hall–Kier alpha value is -3.03. The Labute approximate surface area is 155 Å². The van der Waals surface area contributed by atoms with Gasteiger partial charge in [-0.05, 0) is 37.5 Å². The molecule has 1 aliphatic rings. The Morgan fingerprint density at radius 2 is 2.15 bits per heavy atom. The zero-order valence-corrected chi connectivity index (χ0v) is 15.0. The average Bonchev–Trinajstić information content (AvgIpc) is 3.08. The molecule has 1 aromatic carbocycles. The van der Waals surface area contributed by atoms with E-state index in [-0.39, 0.29) is 17.6 Å². The van der Waals surface area contributed by atoms with Crippen LogP contribution in [0.4, 0.5) is 10.2 Å². The molecule has 1 unspecified atom stereocenters. The fourth-order valence-corrected chi connectivity index (χ4v) is 3.46. The maximum absolute atomic E-state index is 13.0. The fraction of sp³-hybridized carbons (Fsp3) is 0.368. The number of amides is 1. The van der Waals surface area contributed by atoms with Gasteiger partial charge in [-0.1, -0.05) is 17.3 Å². The highest BCUT2D eigenvalue weighted by atomic mass is 19.1. The molecule has 3 heterocycles. The van der Waals surface area contributed by atoms with Crippen molar-refractivity contribution in [2.45, 2.75) is 26.3 Å². The van der Waals surface area contributed by atoms with Crippen LogP contribution in [0.25, 0.3) is 11.1 Å². The number of benzene rings is 1. The van der Waals surface area contributed by atoms with Crippen LogP contribution in [0.5, 0.6) is 0 Å². The molecule has 0 bridgehead atoms. The number of carbonyl (C=O) groups is 1. The molecule has 1 fully saturated rings. The summed E-state index contributed by atoms with van der Waals surface area (Å²) in [6.45, 7) is 3.64. The van der Waals surface area contributed by atoms with Gasteiger partial charge in [-0.25, -0.2) is 9.37 Å². The van der Waals surface area contributed by atoms with Gasteiger partial charge in [0.15, 0.2) is 0 Å². The van der Waals surface area contributed by atoms with E-state index in [9.17, 15) is 9.18 Å². The standard InChI is InChI=1S/C19H20FN5O2/c1-12-16-17(22-11-23-19(16)27-24-12)25-8-2-3-14(10-25)18(26)21-9-13-4-6-15(20)7-5-13/h4-7,11,14H,2-3,8-10H2,1H3,(H,21,26). The van der Waals surface area contributed by atoms with Crippen LogP contribution in [0, 0.1) is 18.7 Å². The smallest absolute Gasteiger partial charge is 0.263 e. The minimum Gasteiger partial charge on any atom is -0.355 e. The highest BCUT2D eigenvalue weighted by molar-refractivity contribution is 5.88. The van der Waals surface area contributed by atoms with Crippen LogP contribution in [-0.4, -0.2) is 34.1 Å². The van der Waals surface area contributed by atoms with E-state index in [1.807, 2.05) is 6.92 Å². The number of aromatic nitrogens is 3. The third kappa shape index (κ3) is 3.60. The van der Waals surface area contributed by atoms with Gasteiger partial charge in [0.05, 0.1) is 11.6 Å². The molecule has 4 rings (SSSR count). The van der Waals surface area contributed by atoms with E-state index in [0.29, 0.717) is 18.8 Å². The Morgan fingerprint density at radius 3 is 2.96 bits per heavy atom. The van der Waals surface area contributed by atoms with E-state index >= 15 is 0 Å². The number of aryl methyl sites for hydroxylation is 1. The molecule has 7 nitrogen and oxygen atoms in total. The number of rotatable bonds is 4. The van der Waals surface area contributed by atoms with Gasteiger partial charge in [0.2, 0.25) is 5.91 Å². The van der Waals surface area contributed by atoms with Crippen molar-refractivity contribution in [2.75, 3.05) is 18.0 Å². The van der Waals surface area contributed by atoms with Crippen molar-refractivity contribution >= 4 is 22.8 Å². The van der Waals surface area contributed by atoms with Crippen LogP contribution in [0.15, 0.2) is 35.1 Å². The van der Waals surface area contributed by atoms with Crippen LogP contribution in [0.1, 0.15) is 24.1 Å². The minimum atomic E-state index is -0.284. The average molecular weight is 369 g/mol. The number of carbonyl (C=O) groups excluding carboxylic acids is 1. The van der Waals surface area contributed by atoms with E-state index < -0.39 is 0 Å². The summed E-state index contributed by atoms with van der Waals surface area (Å²) in [5, 5.41) is 7.71. The minimum absolute atomic E-state index is 0.00337. The number of piperidine rings is 1. The van der Waals surface area contributed by atoms with Crippen LogP contribution in [0.3, 0.4) is 0 Å². The molecule has 0 saturated carbocycles. The molecule has 1 atom stereocenters.